The van der Waals surface area contributed by atoms with Crippen LogP contribution in [0.2, 0.25) is 0 Å². The second-order valence-electron chi connectivity index (χ2n) is 5.45. The second kappa shape index (κ2) is 7.32. The Morgan fingerprint density at radius 1 is 1.19 bits per heavy atom. The Hall–Kier alpha value is -3.92. The molecular formula is C19H14N4O3. The molecule has 0 bridgehead atoms. The Kier molecular flexibility index (Phi) is 4.76. The number of rotatable bonds is 5. The maximum Gasteiger partial charge on any atom is 0.335 e. The quantitative estimate of drug-likeness (QED) is 0.653. The first-order valence-corrected chi connectivity index (χ1v) is 7.74. The summed E-state index contributed by atoms with van der Waals surface area (Å²) in [5.41, 5.74) is 1.15. The highest BCUT2D eigenvalue weighted by molar-refractivity contribution is 5.88. The number of aromatic nitrogens is 2. The van der Waals surface area contributed by atoms with Crippen molar-refractivity contribution in [1.29, 1.82) is 5.26 Å². The van der Waals surface area contributed by atoms with Crippen LogP contribution in [0.1, 0.15) is 21.7 Å². The summed E-state index contributed by atoms with van der Waals surface area (Å²) < 4.78 is 0. The normalized spacial score (nSPS) is 10.1. The summed E-state index contributed by atoms with van der Waals surface area (Å²) in [5, 5.41) is 21.3. The first-order chi connectivity index (χ1) is 12.6. The molecule has 1 heterocycles. The molecule has 3 N–H and O–H groups in total. The number of nitrogens with zero attached hydrogens (tertiary/aromatic N) is 2. The van der Waals surface area contributed by atoms with E-state index in [1.807, 2.05) is 12.1 Å². The van der Waals surface area contributed by atoms with Crippen molar-refractivity contribution in [2.75, 3.05) is 5.32 Å². The number of aromatic carboxylic acids is 1. The minimum Gasteiger partial charge on any atom is -0.478 e. The number of carboxylic acid groups (broad SMARTS) is 1. The number of benzene rings is 2. The molecule has 26 heavy (non-hydrogen) atoms. The van der Waals surface area contributed by atoms with E-state index < -0.39 is 11.5 Å². The van der Waals surface area contributed by atoms with Crippen molar-refractivity contribution < 1.29 is 9.90 Å². The van der Waals surface area contributed by atoms with Gasteiger partial charge in [-0.1, -0.05) is 36.4 Å². The number of hydrogen-bond donors (Lipinski definition) is 3. The maximum absolute atomic E-state index is 12.2. The van der Waals surface area contributed by atoms with Gasteiger partial charge in [0.15, 0.2) is 0 Å². The molecule has 7 heteroatoms. The van der Waals surface area contributed by atoms with Gasteiger partial charge in [-0.25, -0.2) is 9.78 Å². The molecule has 128 valence electrons. The first kappa shape index (κ1) is 16.9. The zero-order valence-electron chi connectivity index (χ0n) is 13.6. The number of H-pyrrole nitrogens is 1. The van der Waals surface area contributed by atoms with Crippen molar-refractivity contribution in [2.24, 2.45) is 0 Å². The molecule has 0 fully saturated rings. The van der Waals surface area contributed by atoms with Crippen LogP contribution in [0, 0.1) is 11.3 Å². The van der Waals surface area contributed by atoms with Crippen LogP contribution in [0.4, 0.5) is 5.69 Å². The monoisotopic (exact) mass is 346 g/mol. The molecule has 0 aliphatic carbocycles. The minimum absolute atomic E-state index is 0.0483. The lowest BCUT2D eigenvalue weighted by Gasteiger charge is -2.09. The van der Waals surface area contributed by atoms with Crippen molar-refractivity contribution in [3.8, 4) is 17.3 Å². The van der Waals surface area contributed by atoms with E-state index in [1.165, 1.54) is 12.1 Å². The molecule has 1 aromatic heterocycles. The molecule has 0 unspecified atom stereocenters. The summed E-state index contributed by atoms with van der Waals surface area (Å²) in [6, 6.07) is 17.2. The first-order valence-electron chi connectivity index (χ1n) is 7.74. The van der Waals surface area contributed by atoms with Gasteiger partial charge in [0.1, 0.15) is 17.5 Å². The van der Waals surface area contributed by atoms with Gasteiger partial charge >= 0.3 is 5.97 Å². The summed E-state index contributed by atoms with van der Waals surface area (Å²) in [6.45, 7) is 0.170. The van der Waals surface area contributed by atoms with E-state index >= 15 is 0 Å². The van der Waals surface area contributed by atoms with Gasteiger partial charge < -0.3 is 15.4 Å². The average molecular weight is 346 g/mol. The lowest BCUT2D eigenvalue weighted by molar-refractivity contribution is 0.0697. The summed E-state index contributed by atoms with van der Waals surface area (Å²) in [7, 11) is 0. The Balaban J connectivity index is 1.91. The highest BCUT2D eigenvalue weighted by Crippen LogP contribution is 2.19. The largest absolute Gasteiger partial charge is 0.478 e. The van der Waals surface area contributed by atoms with Crippen molar-refractivity contribution in [1.82, 2.24) is 9.97 Å². The highest BCUT2D eigenvalue weighted by Gasteiger charge is 2.13. The number of aromatic amines is 1. The molecule has 3 aromatic rings. The van der Waals surface area contributed by atoms with Gasteiger partial charge in [-0.05, 0) is 18.2 Å². The van der Waals surface area contributed by atoms with Crippen molar-refractivity contribution in [3.05, 3.63) is 81.9 Å². The number of nitrogens with one attached hydrogen (secondary N) is 2. The molecule has 0 saturated carbocycles. The van der Waals surface area contributed by atoms with Crippen molar-refractivity contribution in [2.45, 2.75) is 6.54 Å². The third kappa shape index (κ3) is 3.60. The van der Waals surface area contributed by atoms with E-state index in [-0.39, 0.29) is 17.7 Å². The average Bonchev–Trinajstić information content (AvgIpc) is 2.67. The van der Waals surface area contributed by atoms with E-state index in [9.17, 15) is 14.9 Å². The summed E-state index contributed by atoms with van der Waals surface area (Å²) in [4.78, 5) is 30.2. The second-order valence-corrected chi connectivity index (χ2v) is 5.45. The standard InChI is InChI=1S/C19H14N4O3/c20-10-15-17(12-5-2-1-3-6-12)22-16(23-18(15)24)11-21-14-8-4-7-13(9-14)19(25)26/h1-9,21H,11H2,(H,25,26)(H,22,23,24). The third-order valence-electron chi connectivity index (χ3n) is 3.70. The van der Waals surface area contributed by atoms with E-state index in [4.69, 9.17) is 5.11 Å². The fourth-order valence-electron chi connectivity index (χ4n) is 2.46. The molecule has 0 atom stereocenters. The van der Waals surface area contributed by atoms with Crippen molar-refractivity contribution >= 4 is 11.7 Å². The van der Waals surface area contributed by atoms with Gasteiger partial charge in [-0.3, -0.25) is 4.79 Å². The van der Waals surface area contributed by atoms with Gasteiger partial charge in [-0.15, -0.1) is 0 Å². The molecule has 0 amide bonds. The predicted molar refractivity (Wildman–Crippen MR) is 95.7 cm³/mol. The molecule has 0 saturated heterocycles. The summed E-state index contributed by atoms with van der Waals surface area (Å²) in [6.07, 6.45) is 0. The van der Waals surface area contributed by atoms with Gasteiger partial charge in [0.2, 0.25) is 0 Å². The van der Waals surface area contributed by atoms with E-state index in [0.29, 0.717) is 22.8 Å². The van der Waals surface area contributed by atoms with Gasteiger partial charge in [0, 0.05) is 11.3 Å². The molecule has 0 aliphatic rings. The number of carboxylic acids is 1. The number of nitriles is 1. The van der Waals surface area contributed by atoms with Crippen LogP contribution in [-0.4, -0.2) is 21.0 Å². The summed E-state index contributed by atoms with van der Waals surface area (Å²) >= 11 is 0. The summed E-state index contributed by atoms with van der Waals surface area (Å²) in [5.74, 6) is -0.682. The lowest BCUT2D eigenvalue weighted by Crippen LogP contribution is -2.18. The van der Waals surface area contributed by atoms with Gasteiger partial charge in [0.25, 0.3) is 5.56 Å². The smallest absolute Gasteiger partial charge is 0.335 e. The maximum atomic E-state index is 12.2. The van der Waals surface area contributed by atoms with E-state index in [2.05, 4.69) is 15.3 Å². The topological polar surface area (TPSA) is 119 Å². The molecule has 0 spiro atoms. The molecule has 0 radical (unpaired) electrons. The highest BCUT2D eigenvalue weighted by atomic mass is 16.4. The predicted octanol–water partition coefficient (Wildman–Crippen LogP) is 2.62. The van der Waals surface area contributed by atoms with Crippen LogP contribution in [0.5, 0.6) is 0 Å². The molecule has 0 aliphatic heterocycles. The van der Waals surface area contributed by atoms with Crippen LogP contribution in [0.15, 0.2) is 59.4 Å². The molecule has 2 aromatic carbocycles. The fraction of sp³-hybridized carbons (Fsp3) is 0.0526. The molecule has 7 nitrogen and oxygen atoms in total. The lowest BCUT2D eigenvalue weighted by atomic mass is 10.1. The number of hydrogen-bond acceptors (Lipinski definition) is 5. The van der Waals surface area contributed by atoms with E-state index in [0.717, 1.165) is 0 Å². The third-order valence-corrected chi connectivity index (χ3v) is 3.70. The van der Waals surface area contributed by atoms with E-state index in [1.54, 1.807) is 36.4 Å². The fourth-order valence-corrected chi connectivity index (χ4v) is 2.46. The molecular weight excluding hydrogens is 332 g/mol. The SMILES string of the molecule is N#Cc1c(-c2ccccc2)nc(CNc2cccc(C(=O)O)c2)[nH]c1=O. The Morgan fingerprint density at radius 3 is 2.65 bits per heavy atom. The number of carbonyl (C=O) groups is 1. The van der Waals surface area contributed by atoms with Crippen LogP contribution in [0.3, 0.4) is 0 Å². The Bertz CT molecular complexity index is 1050. The van der Waals surface area contributed by atoms with Crippen molar-refractivity contribution in [3.63, 3.8) is 0 Å². The van der Waals surface area contributed by atoms with Crippen LogP contribution < -0.4 is 10.9 Å². The zero-order chi connectivity index (χ0) is 18.5. The van der Waals surface area contributed by atoms with Crippen LogP contribution >= 0.6 is 0 Å². The minimum atomic E-state index is -1.02. The van der Waals surface area contributed by atoms with Crippen LogP contribution in [-0.2, 0) is 6.54 Å². The van der Waals surface area contributed by atoms with Gasteiger partial charge in [0.05, 0.1) is 17.8 Å². The Morgan fingerprint density at radius 2 is 1.96 bits per heavy atom. The number of anilines is 1. The molecule has 3 rings (SSSR count). The van der Waals surface area contributed by atoms with Crippen LogP contribution in [0.25, 0.3) is 11.3 Å². The zero-order valence-corrected chi connectivity index (χ0v) is 13.6. The van der Waals surface area contributed by atoms with Gasteiger partial charge in [-0.2, -0.15) is 5.26 Å². The Labute approximate surface area is 148 Å².